The molecule has 0 radical (unpaired) electrons. The van der Waals surface area contributed by atoms with Crippen LogP contribution in [-0.2, 0) is 4.79 Å². The van der Waals surface area contributed by atoms with Crippen molar-refractivity contribution in [2.45, 2.75) is 25.7 Å². The van der Waals surface area contributed by atoms with Crippen molar-refractivity contribution in [3.63, 3.8) is 0 Å². The topological polar surface area (TPSA) is 37.4 Å². The molecule has 0 bridgehead atoms. The van der Waals surface area contributed by atoms with Crippen molar-refractivity contribution >= 4 is 29.0 Å². The Morgan fingerprint density at radius 3 is 2.74 bits per heavy atom. The van der Waals surface area contributed by atoms with E-state index in [2.05, 4.69) is 6.58 Å². The zero-order valence-electron chi connectivity index (χ0n) is 10.7. The number of carbonyl (C=O) groups excluding carboxylic acids is 2. The standard InChI is InChI=1S/C15H16ClNO2/c1-2-3-4-5-6-10-17-13-11(14(18)15(17)19)8-7-9-12(13)16/h2,7-9H,1,3-6,10H2. The first-order valence-corrected chi connectivity index (χ1v) is 6.80. The highest BCUT2D eigenvalue weighted by molar-refractivity contribution is 6.54. The Morgan fingerprint density at radius 2 is 2.00 bits per heavy atom. The predicted octanol–water partition coefficient (Wildman–Crippen LogP) is 3.62. The molecule has 0 saturated heterocycles. The summed E-state index contributed by atoms with van der Waals surface area (Å²) in [5.74, 6) is -0.921. The monoisotopic (exact) mass is 277 g/mol. The van der Waals surface area contributed by atoms with Crippen molar-refractivity contribution in [2.24, 2.45) is 0 Å². The van der Waals surface area contributed by atoms with Gasteiger partial charge in [-0.3, -0.25) is 9.59 Å². The molecule has 1 amide bonds. The van der Waals surface area contributed by atoms with Crippen LogP contribution in [0.1, 0.15) is 36.0 Å². The van der Waals surface area contributed by atoms with Crippen LogP contribution < -0.4 is 4.90 Å². The third-order valence-electron chi connectivity index (χ3n) is 3.23. The first-order valence-electron chi connectivity index (χ1n) is 6.42. The molecule has 1 aliphatic heterocycles. The van der Waals surface area contributed by atoms with Gasteiger partial charge in [0.05, 0.1) is 16.3 Å². The molecule has 19 heavy (non-hydrogen) atoms. The molecular formula is C15H16ClNO2. The number of ketones is 1. The van der Waals surface area contributed by atoms with Gasteiger partial charge in [-0.1, -0.05) is 30.2 Å². The molecule has 0 aliphatic carbocycles. The van der Waals surface area contributed by atoms with Gasteiger partial charge in [0.1, 0.15) is 0 Å². The molecule has 1 aliphatic rings. The van der Waals surface area contributed by atoms with Gasteiger partial charge < -0.3 is 4.90 Å². The highest BCUT2D eigenvalue weighted by Crippen LogP contribution is 2.35. The summed E-state index contributed by atoms with van der Waals surface area (Å²) < 4.78 is 0. The SMILES string of the molecule is C=CCCCCCN1C(=O)C(=O)c2cccc(Cl)c21. The maximum Gasteiger partial charge on any atom is 0.299 e. The van der Waals surface area contributed by atoms with Gasteiger partial charge >= 0.3 is 0 Å². The zero-order chi connectivity index (χ0) is 13.8. The van der Waals surface area contributed by atoms with E-state index < -0.39 is 11.7 Å². The van der Waals surface area contributed by atoms with Crippen molar-refractivity contribution in [1.29, 1.82) is 0 Å². The molecule has 1 aromatic carbocycles. The fraction of sp³-hybridized carbons (Fsp3) is 0.333. The lowest BCUT2D eigenvalue weighted by Gasteiger charge is -2.17. The van der Waals surface area contributed by atoms with Gasteiger partial charge in [-0.25, -0.2) is 0 Å². The molecule has 0 spiro atoms. The second kappa shape index (κ2) is 6.02. The average Bonchev–Trinajstić information content (AvgIpc) is 2.65. The Balaban J connectivity index is 2.08. The van der Waals surface area contributed by atoms with Gasteiger partial charge in [0.2, 0.25) is 0 Å². The quantitative estimate of drug-likeness (QED) is 0.452. The Labute approximate surface area is 117 Å². The van der Waals surface area contributed by atoms with E-state index in [1.807, 2.05) is 6.08 Å². The molecule has 3 nitrogen and oxygen atoms in total. The summed E-state index contributed by atoms with van der Waals surface area (Å²) in [6.07, 6.45) is 5.77. The summed E-state index contributed by atoms with van der Waals surface area (Å²) in [6.45, 7) is 4.21. The Morgan fingerprint density at radius 1 is 1.21 bits per heavy atom. The summed E-state index contributed by atoms with van der Waals surface area (Å²) in [7, 11) is 0. The number of unbranched alkanes of at least 4 members (excludes halogenated alkanes) is 3. The molecular weight excluding hydrogens is 262 g/mol. The number of Topliss-reactive ketones (excluding diaryl/α,β-unsaturated/α-hetero) is 1. The lowest BCUT2D eigenvalue weighted by Crippen LogP contribution is -2.30. The second-order valence-corrected chi connectivity index (χ2v) is 4.97. The molecule has 0 N–H and O–H groups in total. The van der Waals surface area contributed by atoms with Crippen molar-refractivity contribution < 1.29 is 9.59 Å². The van der Waals surface area contributed by atoms with Gasteiger partial charge in [-0.2, -0.15) is 0 Å². The number of amides is 1. The number of carbonyl (C=O) groups is 2. The number of benzene rings is 1. The van der Waals surface area contributed by atoms with Crippen molar-refractivity contribution in [3.05, 3.63) is 41.4 Å². The number of para-hydroxylation sites is 1. The molecule has 0 unspecified atom stereocenters. The second-order valence-electron chi connectivity index (χ2n) is 4.56. The number of hydrogen-bond donors (Lipinski definition) is 0. The molecule has 0 fully saturated rings. The Bertz CT molecular complexity index is 525. The smallest absolute Gasteiger partial charge is 0.299 e. The summed E-state index contributed by atoms with van der Waals surface area (Å²) in [5.41, 5.74) is 0.992. The first-order chi connectivity index (χ1) is 9.16. The number of nitrogens with zero attached hydrogens (tertiary/aromatic N) is 1. The number of halogens is 1. The van der Waals surface area contributed by atoms with Crippen LogP contribution >= 0.6 is 11.6 Å². The van der Waals surface area contributed by atoms with E-state index in [-0.39, 0.29) is 0 Å². The Hall–Kier alpha value is -1.61. The number of anilines is 1. The minimum atomic E-state index is -0.466. The molecule has 0 saturated carbocycles. The zero-order valence-corrected chi connectivity index (χ0v) is 11.4. The van der Waals surface area contributed by atoms with Gasteiger partial charge in [-0.05, 0) is 31.4 Å². The lowest BCUT2D eigenvalue weighted by atomic mass is 10.1. The number of fused-ring (bicyclic) bond motifs is 1. The summed E-state index contributed by atoms with van der Waals surface area (Å²) in [6, 6.07) is 5.05. The molecule has 1 heterocycles. The van der Waals surface area contributed by atoms with Crippen LogP contribution in [0.3, 0.4) is 0 Å². The first kappa shape index (κ1) is 13.8. The van der Waals surface area contributed by atoms with Gasteiger partial charge in [0.25, 0.3) is 11.7 Å². The lowest BCUT2D eigenvalue weighted by molar-refractivity contribution is -0.114. The van der Waals surface area contributed by atoms with Gasteiger partial charge in [-0.15, -0.1) is 6.58 Å². The third kappa shape index (κ3) is 2.71. The molecule has 1 aromatic rings. The molecule has 4 heteroatoms. The van der Waals surface area contributed by atoms with Gasteiger partial charge in [0.15, 0.2) is 0 Å². The minimum Gasteiger partial charge on any atom is -0.303 e. The van der Waals surface area contributed by atoms with Gasteiger partial charge in [0, 0.05) is 6.54 Å². The Kier molecular flexibility index (Phi) is 4.38. The maximum absolute atomic E-state index is 11.9. The fourth-order valence-electron chi connectivity index (χ4n) is 2.26. The fourth-order valence-corrected chi connectivity index (χ4v) is 2.54. The highest BCUT2D eigenvalue weighted by atomic mass is 35.5. The van der Waals surface area contributed by atoms with Crippen LogP contribution in [0.15, 0.2) is 30.9 Å². The number of allylic oxidation sites excluding steroid dienone is 1. The van der Waals surface area contributed by atoms with E-state index in [9.17, 15) is 9.59 Å². The van der Waals surface area contributed by atoms with E-state index in [4.69, 9.17) is 11.6 Å². The van der Waals surface area contributed by atoms with E-state index >= 15 is 0 Å². The van der Waals surface area contributed by atoms with Crippen LogP contribution in [0.2, 0.25) is 5.02 Å². The molecule has 2 rings (SSSR count). The van der Waals surface area contributed by atoms with Crippen molar-refractivity contribution in [3.8, 4) is 0 Å². The summed E-state index contributed by atoms with van der Waals surface area (Å²) >= 11 is 6.10. The normalized spacial score (nSPS) is 13.8. The number of rotatable bonds is 6. The minimum absolute atomic E-state index is 0.420. The van der Waals surface area contributed by atoms with Crippen LogP contribution in [0.4, 0.5) is 5.69 Å². The number of hydrogen-bond acceptors (Lipinski definition) is 2. The molecule has 0 atom stereocenters. The average molecular weight is 278 g/mol. The highest BCUT2D eigenvalue weighted by Gasteiger charge is 2.36. The summed E-state index contributed by atoms with van der Waals surface area (Å²) in [4.78, 5) is 25.3. The van der Waals surface area contributed by atoms with E-state index in [1.165, 1.54) is 4.90 Å². The largest absolute Gasteiger partial charge is 0.303 e. The van der Waals surface area contributed by atoms with Crippen LogP contribution in [0, 0.1) is 0 Å². The van der Waals surface area contributed by atoms with Crippen LogP contribution in [0.5, 0.6) is 0 Å². The predicted molar refractivity (Wildman–Crippen MR) is 76.8 cm³/mol. The van der Waals surface area contributed by atoms with Crippen LogP contribution in [-0.4, -0.2) is 18.2 Å². The molecule has 100 valence electrons. The maximum atomic E-state index is 11.9. The molecule has 0 aromatic heterocycles. The van der Waals surface area contributed by atoms with Crippen molar-refractivity contribution in [1.82, 2.24) is 0 Å². The van der Waals surface area contributed by atoms with E-state index in [0.717, 1.165) is 25.7 Å². The van der Waals surface area contributed by atoms with E-state index in [0.29, 0.717) is 22.8 Å². The summed E-state index contributed by atoms with van der Waals surface area (Å²) in [5, 5.41) is 0.461. The third-order valence-corrected chi connectivity index (χ3v) is 3.54. The van der Waals surface area contributed by atoms with Crippen LogP contribution in [0.25, 0.3) is 0 Å². The van der Waals surface area contributed by atoms with E-state index in [1.54, 1.807) is 18.2 Å². The van der Waals surface area contributed by atoms with Crippen molar-refractivity contribution in [2.75, 3.05) is 11.4 Å².